The van der Waals surface area contributed by atoms with Crippen LogP contribution in [0.25, 0.3) is 0 Å². The Labute approximate surface area is 103 Å². The van der Waals surface area contributed by atoms with Gasteiger partial charge >= 0.3 is 5.69 Å². The lowest BCUT2D eigenvalue weighted by Gasteiger charge is -2.07. The van der Waals surface area contributed by atoms with Crippen molar-refractivity contribution in [2.75, 3.05) is 7.11 Å². The first-order chi connectivity index (χ1) is 8.70. The second-order valence-electron chi connectivity index (χ2n) is 3.38. The van der Waals surface area contributed by atoms with Crippen LogP contribution in [0.15, 0.2) is 42.7 Å². The standard InChI is InChI=1S/C12H10N2O4/c1-17-12-7-9(4-5-11(12)14(15)16)18-10-3-2-6-13-8-10/h2-8H,1H3. The van der Waals surface area contributed by atoms with Gasteiger partial charge < -0.3 is 9.47 Å². The molecular weight excluding hydrogens is 236 g/mol. The minimum Gasteiger partial charge on any atom is -0.490 e. The van der Waals surface area contributed by atoms with E-state index in [0.717, 1.165) is 0 Å². The first-order valence-corrected chi connectivity index (χ1v) is 5.11. The molecule has 2 rings (SSSR count). The highest BCUT2D eigenvalue weighted by Gasteiger charge is 2.15. The predicted molar refractivity (Wildman–Crippen MR) is 64.0 cm³/mol. The Morgan fingerprint density at radius 3 is 2.72 bits per heavy atom. The van der Waals surface area contributed by atoms with Crippen LogP contribution >= 0.6 is 0 Å². The summed E-state index contributed by atoms with van der Waals surface area (Å²) < 4.78 is 10.4. The van der Waals surface area contributed by atoms with Gasteiger partial charge in [-0.2, -0.15) is 0 Å². The molecule has 0 N–H and O–H groups in total. The highest BCUT2D eigenvalue weighted by Crippen LogP contribution is 2.32. The van der Waals surface area contributed by atoms with E-state index < -0.39 is 4.92 Å². The number of methoxy groups -OCH3 is 1. The SMILES string of the molecule is COc1cc(Oc2cccnc2)ccc1[N+](=O)[O-]. The van der Waals surface area contributed by atoms with Gasteiger partial charge in [-0.05, 0) is 18.2 Å². The number of aromatic nitrogens is 1. The van der Waals surface area contributed by atoms with Crippen LogP contribution in [-0.4, -0.2) is 17.0 Å². The zero-order valence-corrected chi connectivity index (χ0v) is 9.57. The average Bonchev–Trinajstić information content (AvgIpc) is 2.39. The van der Waals surface area contributed by atoms with Crippen molar-refractivity contribution in [3.05, 3.63) is 52.8 Å². The Morgan fingerprint density at radius 1 is 1.28 bits per heavy atom. The van der Waals surface area contributed by atoms with Gasteiger partial charge in [0.05, 0.1) is 18.2 Å². The maximum absolute atomic E-state index is 10.7. The summed E-state index contributed by atoms with van der Waals surface area (Å²) in [7, 11) is 1.37. The Balaban J connectivity index is 2.28. The summed E-state index contributed by atoms with van der Waals surface area (Å²) in [6.45, 7) is 0. The van der Waals surface area contributed by atoms with E-state index in [4.69, 9.17) is 9.47 Å². The number of nitro groups is 1. The van der Waals surface area contributed by atoms with Crippen molar-refractivity contribution in [2.45, 2.75) is 0 Å². The van der Waals surface area contributed by atoms with Crippen LogP contribution in [0.1, 0.15) is 0 Å². The van der Waals surface area contributed by atoms with Gasteiger partial charge in [0.15, 0.2) is 0 Å². The topological polar surface area (TPSA) is 74.5 Å². The summed E-state index contributed by atoms with van der Waals surface area (Å²) in [5.41, 5.74) is -0.101. The van der Waals surface area contributed by atoms with Crippen LogP contribution in [0.5, 0.6) is 17.2 Å². The van der Waals surface area contributed by atoms with E-state index in [0.29, 0.717) is 11.5 Å². The fraction of sp³-hybridized carbons (Fsp3) is 0.0833. The van der Waals surface area contributed by atoms with E-state index in [1.54, 1.807) is 24.5 Å². The molecule has 0 aliphatic carbocycles. The maximum Gasteiger partial charge on any atom is 0.311 e. The fourth-order valence-electron chi connectivity index (χ4n) is 1.42. The molecular formula is C12H10N2O4. The van der Waals surface area contributed by atoms with E-state index in [-0.39, 0.29) is 11.4 Å². The Hall–Kier alpha value is -2.63. The molecule has 1 heterocycles. The quantitative estimate of drug-likeness (QED) is 0.612. The molecule has 0 saturated heterocycles. The van der Waals surface area contributed by atoms with Crippen LogP contribution in [0.3, 0.4) is 0 Å². The fourth-order valence-corrected chi connectivity index (χ4v) is 1.42. The minimum atomic E-state index is -0.507. The van der Waals surface area contributed by atoms with Crippen molar-refractivity contribution < 1.29 is 14.4 Å². The molecule has 1 aromatic heterocycles. The molecule has 6 nitrogen and oxygen atoms in total. The van der Waals surface area contributed by atoms with Gasteiger partial charge in [0.25, 0.3) is 0 Å². The Kier molecular flexibility index (Phi) is 3.38. The molecule has 6 heteroatoms. The third kappa shape index (κ3) is 2.54. The molecule has 0 amide bonds. The molecule has 0 fully saturated rings. The van der Waals surface area contributed by atoms with Crippen molar-refractivity contribution in [2.24, 2.45) is 0 Å². The molecule has 1 aromatic carbocycles. The summed E-state index contributed by atoms with van der Waals surface area (Å²) in [4.78, 5) is 14.1. The molecule has 0 unspecified atom stereocenters. The highest BCUT2D eigenvalue weighted by atomic mass is 16.6. The highest BCUT2D eigenvalue weighted by molar-refractivity contribution is 5.51. The van der Waals surface area contributed by atoms with Gasteiger partial charge in [0, 0.05) is 18.3 Å². The number of benzene rings is 1. The van der Waals surface area contributed by atoms with E-state index >= 15 is 0 Å². The molecule has 0 aliphatic heterocycles. The van der Waals surface area contributed by atoms with Crippen LogP contribution < -0.4 is 9.47 Å². The second kappa shape index (κ2) is 5.13. The van der Waals surface area contributed by atoms with E-state index in [1.807, 2.05) is 0 Å². The molecule has 92 valence electrons. The smallest absolute Gasteiger partial charge is 0.311 e. The van der Waals surface area contributed by atoms with Crippen LogP contribution in [-0.2, 0) is 0 Å². The molecule has 0 spiro atoms. The Bertz CT molecular complexity index is 557. The van der Waals surface area contributed by atoms with Crippen molar-refractivity contribution in [3.8, 4) is 17.2 Å². The maximum atomic E-state index is 10.7. The summed E-state index contributed by atoms with van der Waals surface area (Å²) in [5, 5.41) is 10.7. The number of nitrogens with zero attached hydrogens (tertiary/aromatic N) is 2. The molecule has 0 aliphatic rings. The normalized spacial score (nSPS) is 9.83. The van der Waals surface area contributed by atoms with Gasteiger partial charge in [-0.25, -0.2) is 0 Å². The van der Waals surface area contributed by atoms with Gasteiger partial charge in [0.1, 0.15) is 11.5 Å². The van der Waals surface area contributed by atoms with E-state index in [1.165, 1.54) is 25.3 Å². The number of nitro benzene ring substituents is 1. The lowest BCUT2D eigenvalue weighted by molar-refractivity contribution is -0.385. The molecule has 0 bridgehead atoms. The van der Waals surface area contributed by atoms with Crippen molar-refractivity contribution in [3.63, 3.8) is 0 Å². The Morgan fingerprint density at radius 2 is 2.11 bits per heavy atom. The zero-order chi connectivity index (χ0) is 13.0. The number of hydrogen-bond acceptors (Lipinski definition) is 5. The van der Waals surface area contributed by atoms with Gasteiger partial charge in [-0.15, -0.1) is 0 Å². The van der Waals surface area contributed by atoms with Gasteiger partial charge in [-0.3, -0.25) is 15.1 Å². The summed E-state index contributed by atoms with van der Waals surface area (Å²) in [6.07, 6.45) is 3.18. The van der Waals surface area contributed by atoms with Crippen molar-refractivity contribution >= 4 is 5.69 Å². The molecule has 0 saturated carbocycles. The largest absolute Gasteiger partial charge is 0.490 e. The molecule has 18 heavy (non-hydrogen) atoms. The van der Waals surface area contributed by atoms with Crippen LogP contribution in [0, 0.1) is 10.1 Å². The lowest BCUT2D eigenvalue weighted by atomic mass is 10.3. The average molecular weight is 246 g/mol. The van der Waals surface area contributed by atoms with Gasteiger partial charge in [-0.1, -0.05) is 0 Å². The summed E-state index contributed by atoms with van der Waals surface area (Å²) >= 11 is 0. The molecule has 0 radical (unpaired) electrons. The second-order valence-corrected chi connectivity index (χ2v) is 3.38. The number of rotatable bonds is 4. The van der Waals surface area contributed by atoms with E-state index in [2.05, 4.69) is 4.98 Å². The van der Waals surface area contributed by atoms with Crippen molar-refractivity contribution in [1.29, 1.82) is 0 Å². The van der Waals surface area contributed by atoms with Crippen LogP contribution in [0.2, 0.25) is 0 Å². The number of pyridine rings is 1. The first-order valence-electron chi connectivity index (χ1n) is 5.11. The predicted octanol–water partition coefficient (Wildman–Crippen LogP) is 2.79. The molecule has 2 aromatic rings. The van der Waals surface area contributed by atoms with Crippen molar-refractivity contribution in [1.82, 2.24) is 4.98 Å². The van der Waals surface area contributed by atoms with Gasteiger partial charge in [0.2, 0.25) is 5.75 Å². The van der Waals surface area contributed by atoms with E-state index in [9.17, 15) is 10.1 Å². The zero-order valence-electron chi connectivity index (χ0n) is 9.57. The summed E-state index contributed by atoms with van der Waals surface area (Å²) in [6, 6.07) is 7.78. The monoisotopic (exact) mass is 246 g/mol. The molecule has 0 atom stereocenters. The number of ether oxygens (including phenoxy) is 2. The number of hydrogen-bond donors (Lipinski definition) is 0. The summed E-state index contributed by atoms with van der Waals surface area (Å²) in [5.74, 6) is 1.15. The third-order valence-electron chi connectivity index (χ3n) is 2.22. The minimum absolute atomic E-state index is 0.101. The first kappa shape index (κ1) is 11.8. The van der Waals surface area contributed by atoms with Crippen LogP contribution in [0.4, 0.5) is 5.69 Å². The lowest BCUT2D eigenvalue weighted by Crippen LogP contribution is -1.94. The third-order valence-corrected chi connectivity index (χ3v) is 2.22.